The molecule has 148 valence electrons. The third-order valence-electron chi connectivity index (χ3n) is 4.33. The first-order valence-corrected chi connectivity index (χ1v) is 10.3. The van der Waals surface area contributed by atoms with E-state index in [1.807, 2.05) is 0 Å². The summed E-state index contributed by atoms with van der Waals surface area (Å²) < 4.78 is 54.6. The summed E-state index contributed by atoms with van der Waals surface area (Å²) in [6.45, 7) is 2.49. The summed E-state index contributed by atoms with van der Waals surface area (Å²) in [6.07, 6.45) is 3.59. The summed E-state index contributed by atoms with van der Waals surface area (Å²) in [4.78, 5) is 4.19. The van der Waals surface area contributed by atoms with Crippen molar-refractivity contribution in [2.45, 2.75) is 24.3 Å². The number of benzene rings is 2. The van der Waals surface area contributed by atoms with Crippen molar-refractivity contribution >= 4 is 20.8 Å². The number of hydrogen-bond acceptors (Lipinski definition) is 4. The fourth-order valence-corrected chi connectivity index (χ4v) is 4.16. The van der Waals surface area contributed by atoms with Crippen LogP contribution in [0.2, 0.25) is 0 Å². The van der Waals surface area contributed by atoms with Gasteiger partial charge in [-0.1, -0.05) is 18.2 Å². The molecule has 3 aromatic rings. The number of nitrogens with zero attached hydrogens (tertiary/aromatic N) is 1. The van der Waals surface area contributed by atoms with Crippen LogP contribution in [0, 0.1) is 11.6 Å². The lowest BCUT2D eigenvalue weighted by molar-refractivity contribution is 0.494. The highest BCUT2D eigenvalue weighted by atomic mass is 32.2. The predicted molar refractivity (Wildman–Crippen MR) is 104 cm³/mol. The second-order valence-corrected chi connectivity index (χ2v) is 8.29. The molecule has 2 N–H and O–H groups in total. The monoisotopic (exact) mass is 405 g/mol. The van der Waals surface area contributed by atoms with E-state index in [4.69, 9.17) is 0 Å². The standard InChI is InChI=1S/C20H21F2N3O2S/c1-14(12-23-9-7-15-3-2-4-19(21)20(15)22)25-28(26,27)18-6-5-17-13-24-10-8-16(17)11-18/h2-6,8,10-11,13-14,23,25H,7,9,12H2,1H3. The first-order chi connectivity index (χ1) is 13.4. The molecule has 8 heteroatoms. The molecule has 0 fully saturated rings. The summed E-state index contributed by atoms with van der Waals surface area (Å²) >= 11 is 0. The molecule has 3 rings (SSSR count). The van der Waals surface area contributed by atoms with Crippen molar-refractivity contribution in [2.75, 3.05) is 13.1 Å². The molecule has 0 saturated carbocycles. The maximum atomic E-state index is 13.6. The molecule has 1 unspecified atom stereocenters. The number of sulfonamides is 1. The summed E-state index contributed by atoms with van der Waals surface area (Å²) in [7, 11) is -3.67. The van der Waals surface area contributed by atoms with E-state index in [0.717, 1.165) is 16.8 Å². The van der Waals surface area contributed by atoms with Crippen molar-refractivity contribution in [2.24, 2.45) is 0 Å². The molecule has 1 aromatic heterocycles. The maximum absolute atomic E-state index is 13.6. The molecule has 2 aromatic carbocycles. The van der Waals surface area contributed by atoms with Gasteiger partial charge in [0.1, 0.15) is 0 Å². The van der Waals surface area contributed by atoms with E-state index in [0.29, 0.717) is 19.5 Å². The molecule has 0 amide bonds. The minimum atomic E-state index is -3.67. The van der Waals surface area contributed by atoms with Crippen LogP contribution in [-0.2, 0) is 16.4 Å². The van der Waals surface area contributed by atoms with E-state index in [1.165, 1.54) is 12.1 Å². The molecule has 0 bridgehead atoms. The highest BCUT2D eigenvalue weighted by Gasteiger charge is 2.17. The van der Waals surface area contributed by atoms with Gasteiger partial charge in [0.15, 0.2) is 11.6 Å². The van der Waals surface area contributed by atoms with Crippen molar-refractivity contribution in [1.29, 1.82) is 0 Å². The number of aromatic nitrogens is 1. The molecule has 0 saturated heterocycles. The molecule has 0 aliphatic rings. The van der Waals surface area contributed by atoms with Crippen LogP contribution >= 0.6 is 0 Å². The van der Waals surface area contributed by atoms with Gasteiger partial charge in [-0.15, -0.1) is 0 Å². The Kier molecular flexibility index (Phi) is 6.33. The quantitative estimate of drug-likeness (QED) is 0.565. The minimum Gasteiger partial charge on any atom is -0.315 e. The van der Waals surface area contributed by atoms with Crippen molar-refractivity contribution in [3.63, 3.8) is 0 Å². The van der Waals surface area contributed by atoms with E-state index < -0.39 is 21.7 Å². The van der Waals surface area contributed by atoms with Crippen LogP contribution in [0.4, 0.5) is 8.78 Å². The minimum absolute atomic E-state index is 0.180. The van der Waals surface area contributed by atoms with Crippen LogP contribution in [0.5, 0.6) is 0 Å². The van der Waals surface area contributed by atoms with E-state index >= 15 is 0 Å². The Labute approximate surface area is 162 Å². The lowest BCUT2D eigenvalue weighted by Crippen LogP contribution is -2.40. The Balaban J connectivity index is 1.54. The second kappa shape index (κ2) is 8.72. The summed E-state index contributed by atoms with van der Waals surface area (Å²) in [6, 6.07) is 10.3. The van der Waals surface area contributed by atoms with Crippen LogP contribution in [0.15, 0.2) is 59.8 Å². The molecule has 1 heterocycles. The molecule has 1 atom stereocenters. The predicted octanol–water partition coefficient (Wildman–Crippen LogP) is 3.01. The summed E-state index contributed by atoms with van der Waals surface area (Å²) in [5.74, 6) is -1.71. The number of pyridine rings is 1. The van der Waals surface area contributed by atoms with Crippen molar-refractivity contribution in [3.8, 4) is 0 Å². The van der Waals surface area contributed by atoms with Gasteiger partial charge in [0, 0.05) is 30.4 Å². The first kappa shape index (κ1) is 20.3. The second-order valence-electron chi connectivity index (χ2n) is 6.57. The molecule has 0 radical (unpaired) electrons. The third-order valence-corrected chi connectivity index (χ3v) is 5.92. The Bertz CT molecular complexity index is 1070. The van der Waals surface area contributed by atoms with Crippen LogP contribution < -0.4 is 10.0 Å². The zero-order valence-electron chi connectivity index (χ0n) is 15.3. The third kappa shape index (κ3) is 4.89. The van der Waals surface area contributed by atoms with Crippen molar-refractivity contribution < 1.29 is 17.2 Å². The fourth-order valence-electron chi connectivity index (χ4n) is 2.89. The lowest BCUT2D eigenvalue weighted by atomic mass is 10.1. The highest BCUT2D eigenvalue weighted by molar-refractivity contribution is 7.89. The number of hydrogen-bond donors (Lipinski definition) is 2. The van der Waals surface area contributed by atoms with Crippen LogP contribution in [0.25, 0.3) is 10.8 Å². The largest absolute Gasteiger partial charge is 0.315 e. The van der Waals surface area contributed by atoms with E-state index in [1.54, 1.807) is 43.6 Å². The Morgan fingerprint density at radius 3 is 2.75 bits per heavy atom. The smallest absolute Gasteiger partial charge is 0.240 e. The molecule has 0 aliphatic heterocycles. The molecular formula is C20H21F2N3O2S. The number of fused-ring (bicyclic) bond motifs is 1. The van der Waals surface area contributed by atoms with Gasteiger partial charge in [0.25, 0.3) is 0 Å². The summed E-state index contributed by atoms with van der Waals surface area (Å²) in [5, 5.41) is 4.71. The SMILES string of the molecule is CC(CNCCc1cccc(F)c1F)NS(=O)(=O)c1ccc2cnccc2c1. The molecule has 28 heavy (non-hydrogen) atoms. The van der Waals surface area contributed by atoms with E-state index in [-0.39, 0.29) is 16.5 Å². The van der Waals surface area contributed by atoms with Gasteiger partial charge in [0.2, 0.25) is 10.0 Å². The Hall–Kier alpha value is -2.42. The molecular weight excluding hydrogens is 384 g/mol. The average Bonchev–Trinajstić information content (AvgIpc) is 2.67. The highest BCUT2D eigenvalue weighted by Crippen LogP contribution is 2.18. The normalized spacial score (nSPS) is 13.0. The van der Waals surface area contributed by atoms with Gasteiger partial charge < -0.3 is 5.32 Å². The zero-order valence-corrected chi connectivity index (χ0v) is 16.1. The molecule has 0 spiro atoms. The van der Waals surface area contributed by atoms with Gasteiger partial charge in [0.05, 0.1) is 4.90 Å². The van der Waals surface area contributed by atoms with Crippen molar-refractivity contribution in [3.05, 3.63) is 72.1 Å². The van der Waals surface area contributed by atoms with Gasteiger partial charge in [-0.2, -0.15) is 0 Å². The zero-order chi connectivity index (χ0) is 20.1. The average molecular weight is 405 g/mol. The molecule has 5 nitrogen and oxygen atoms in total. The van der Waals surface area contributed by atoms with Crippen LogP contribution in [0.3, 0.4) is 0 Å². The van der Waals surface area contributed by atoms with E-state index in [2.05, 4.69) is 15.0 Å². The van der Waals surface area contributed by atoms with Crippen molar-refractivity contribution in [1.82, 2.24) is 15.0 Å². The van der Waals surface area contributed by atoms with E-state index in [9.17, 15) is 17.2 Å². The van der Waals surface area contributed by atoms with Crippen LogP contribution in [-0.4, -0.2) is 32.5 Å². The lowest BCUT2D eigenvalue weighted by Gasteiger charge is -2.15. The van der Waals surface area contributed by atoms with Gasteiger partial charge >= 0.3 is 0 Å². The Morgan fingerprint density at radius 1 is 1.11 bits per heavy atom. The van der Waals surface area contributed by atoms with Gasteiger partial charge in [-0.05, 0) is 55.1 Å². The first-order valence-electron chi connectivity index (χ1n) is 8.86. The molecule has 0 aliphatic carbocycles. The number of rotatable bonds is 8. The maximum Gasteiger partial charge on any atom is 0.240 e. The van der Waals surface area contributed by atoms with Gasteiger partial charge in [-0.3, -0.25) is 4.98 Å². The number of halogens is 2. The van der Waals surface area contributed by atoms with Gasteiger partial charge in [-0.25, -0.2) is 21.9 Å². The summed E-state index contributed by atoms with van der Waals surface area (Å²) in [5.41, 5.74) is 0.284. The Morgan fingerprint density at radius 2 is 1.93 bits per heavy atom. The fraction of sp³-hybridized carbons (Fsp3) is 0.250. The topological polar surface area (TPSA) is 71.1 Å². The van der Waals surface area contributed by atoms with Crippen LogP contribution in [0.1, 0.15) is 12.5 Å². The number of nitrogens with one attached hydrogen (secondary N) is 2.